The molecule has 13 nitrogen and oxygen atoms in total. The molecule has 0 atom stereocenters. The smallest absolute Gasteiger partial charge is 0.274 e. The highest BCUT2D eigenvalue weighted by Gasteiger charge is 2.21. The molecule has 0 aliphatic heterocycles. The number of H-pyrrole nitrogens is 3. The molecule has 0 aliphatic carbocycles. The molecule has 0 bridgehead atoms. The Bertz CT molecular complexity index is 1230. The largest absolute Gasteiger partial charge is 0.382 e. The Morgan fingerprint density at radius 1 is 0.848 bits per heavy atom. The molecule has 0 radical (unpaired) electrons. The Balaban J connectivity index is 1.68. The molecule has 0 fully saturated rings. The fourth-order valence-electron chi connectivity index (χ4n) is 3.11. The van der Waals surface area contributed by atoms with E-state index in [1.165, 1.54) is 12.4 Å². The summed E-state index contributed by atoms with van der Waals surface area (Å²) >= 11 is 0. The maximum Gasteiger partial charge on any atom is 0.274 e. The highest BCUT2D eigenvalue weighted by atomic mass is 16.2. The molecular weight excluding hydrogens is 430 g/mol. The number of aromatic amines is 3. The van der Waals surface area contributed by atoms with Crippen LogP contribution >= 0.6 is 0 Å². The zero-order valence-electron chi connectivity index (χ0n) is 18.3. The summed E-state index contributed by atoms with van der Waals surface area (Å²) in [4.78, 5) is 54.0. The number of rotatable bonds is 8. The Hall–Kier alpha value is -4.55. The zero-order chi connectivity index (χ0) is 24.3. The number of nitrogen functional groups attached to an aromatic ring is 1. The maximum atomic E-state index is 12.8. The van der Waals surface area contributed by atoms with Crippen LogP contribution in [0.3, 0.4) is 0 Å². The van der Waals surface area contributed by atoms with Crippen LogP contribution in [0.25, 0.3) is 0 Å². The predicted molar refractivity (Wildman–Crippen MR) is 121 cm³/mol. The van der Waals surface area contributed by atoms with E-state index in [9.17, 15) is 19.2 Å². The summed E-state index contributed by atoms with van der Waals surface area (Å²) in [5.41, 5.74) is 13.8. The quantitative estimate of drug-likeness (QED) is 0.244. The average Bonchev–Trinajstić information content (AvgIpc) is 3.40. The summed E-state index contributed by atoms with van der Waals surface area (Å²) in [5.74, 6) is -1.62. The topological polar surface area (TPSA) is 217 Å². The number of hydrogen-bond acceptors (Lipinski definition) is 6. The molecule has 0 unspecified atom stereocenters. The van der Waals surface area contributed by atoms with Gasteiger partial charge in [0.1, 0.15) is 22.9 Å². The third kappa shape index (κ3) is 4.87. The van der Waals surface area contributed by atoms with E-state index in [0.29, 0.717) is 28.1 Å². The van der Waals surface area contributed by atoms with Gasteiger partial charge in [0.15, 0.2) is 0 Å². The standard InChI is InChI=1S/C20H25N9O4/c1-8-11(6-24-14(8)18(31)23-5-4-13(21)30)26-19(32)15-9(2)12(7-25-15)27-20(33)16-10(3)17(22)29-28-16/h6-7,24-25H,4-5H2,1-3H3,(H2,21,30)(H,23,31)(H,26,32)(H,27,33)(H3,22,28,29). The van der Waals surface area contributed by atoms with Gasteiger partial charge in [-0.15, -0.1) is 0 Å². The predicted octanol–water partition coefficient (Wildman–Crippen LogP) is 0.683. The molecule has 0 spiro atoms. The molecule has 3 heterocycles. The summed E-state index contributed by atoms with van der Waals surface area (Å²) in [5, 5.41) is 14.4. The monoisotopic (exact) mass is 455 g/mol. The van der Waals surface area contributed by atoms with Crippen molar-refractivity contribution in [2.45, 2.75) is 27.2 Å². The van der Waals surface area contributed by atoms with Gasteiger partial charge in [0, 0.05) is 42.0 Å². The first-order chi connectivity index (χ1) is 15.6. The van der Waals surface area contributed by atoms with Crippen molar-refractivity contribution in [2.75, 3.05) is 22.9 Å². The van der Waals surface area contributed by atoms with Gasteiger partial charge in [-0.1, -0.05) is 0 Å². The minimum atomic E-state index is -0.521. The van der Waals surface area contributed by atoms with E-state index in [1.807, 2.05) is 0 Å². The number of nitrogens with zero attached hydrogens (tertiary/aromatic N) is 1. The van der Waals surface area contributed by atoms with Gasteiger partial charge in [0.2, 0.25) is 5.91 Å². The minimum Gasteiger partial charge on any atom is -0.382 e. The third-order valence-electron chi connectivity index (χ3n) is 5.16. The van der Waals surface area contributed by atoms with Crippen molar-refractivity contribution in [3.8, 4) is 0 Å². The molecule has 174 valence electrons. The summed E-state index contributed by atoms with van der Waals surface area (Å²) in [6, 6.07) is 0. The van der Waals surface area contributed by atoms with Crippen molar-refractivity contribution in [1.29, 1.82) is 0 Å². The van der Waals surface area contributed by atoms with Crippen LogP contribution in [-0.4, -0.2) is 50.3 Å². The van der Waals surface area contributed by atoms with Crippen LogP contribution in [-0.2, 0) is 4.79 Å². The number of hydrogen-bond donors (Lipinski definition) is 8. The average molecular weight is 455 g/mol. The van der Waals surface area contributed by atoms with Crippen molar-refractivity contribution in [2.24, 2.45) is 5.73 Å². The van der Waals surface area contributed by atoms with Crippen LogP contribution in [0, 0.1) is 20.8 Å². The lowest BCUT2D eigenvalue weighted by molar-refractivity contribution is -0.117. The normalized spacial score (nSPS) is 10.6. The van der Waals surface area contributed by atoms with Crippen molar-refractivity contribution in [3.63, 3.8) is 0 Å². The number of carbonyl (C=O) groups excluding carboxylic acids is 4. The van der Waals surface area contributed by atoms with Gasteiger partial charge in [0.25, 0.3) is 17.7 Å². The first kappa shape index (κ1) is 23.1. The van der Waals surface area contributed by atoms with E-state index < -0.39 is 23.6 Å². The van der Waals surface area contributed by atoms with Crippen molar-refractivity contribution >= 4 is 40.8 Å². The lowest BCUT2D eigenvalue weighted by atomic mass is 10.2. The van der Waals surface area contributed by atoms with E-state index in [-0.39, 0.29) is 35.9 Å². The van der Waals surface area contributed by atoms with Crippen LogP contribution in [0.5, 0.6) is 0 Å². The highest BCUT2D eigenvalue weighted by molar-refractivity contribution is 6.09. The lowest BCUT2D eigenvalue weighted by Crippen LogP contribution is -2.28. The maximum absolute atomic E-state index is 12.8. The lowest BCUT2D eigenvalue weighted by Gasteiger charge is -2.07. The number of primary amides is 1. The molecule has 33 heavy (non-hydrogen) atoms. The van der Waals surface area contributed by atoms with Crippen molar-refractivity contribution < 1.29 is 19.2 Å². The fourth-order valence-corrected chi connectivity index (χ4v) is 3.11. The van der Waals surface area contributed by atoms with Crippen molar-refractivity contribution in [3.05, 3.63) is 46.2 Å². The molecule has 3 aromatic rings. The van der Waals surface area contributed by atoms with E-state index in [1.54, 1.807) is 20.8 Å². The van der Waals surface area contributed by atoms with E-state index >= 15 is 0 Å². The van der Waals surface area contributed by atoms with E-state index in [0.717, 1.165) is 0 Å². The molecule has 4 amide bonds. The molecule has 13 heteroatoms. The van der Waals surface area contributed by atoms with Gasteiger partial charge in [-0.2, -0.15) is 5.10 Å². The first-order valence-corrected chi connectivity index (χ1v) is 9.95. The Morgan fingerprint density at radius 3 is 1.85 bits per heavy atom. The second kappa shape index (κ2) is 9.30. The second-order valence-corrected chi connectivity index (χ2v) is 7.39. The highest BCUT2D eigenvalue weighted by Crippen LogP contribution is 2.23. The van der Waals surface area contributed by atoms with Crippen LogP contribution in [0.1, 0.15) is 54.6 Å². The first-order valence-electron chi connectivity index (χ1n) is 9.95. The number of nitrogens with one attached hydrogen (secondary N) is 6. The molecular formula is C20H25N9O4. The summed E-state index contributed by atoms with van der Waals surface area (Å²) < 4.78 is 0. The van der Waals surface area contributed by atoms with Gasteiger partial charge < -0.3 is 37.4 Å². The van der Waals surface area contributed by atoms with Crippen LogP contribution in [0.4, 0.5) is 17.2 Å². The van der Waals surface area contributed by atoms with Crippen LogP contribution in [0.15, 0.2) is 12.4 Å². The minimum absolute atomic E-state index is 0.0212. The SMILES string of the molecule is Cc1c(NC(=O)c2[nH]cc(NC(=O)c3[nH]nc(N)c3C)c2C)c[nH]c1C(=O)NCCC(N)=O. The summed E-state index contributed by atoms with van der Waals surface area (Å²) in [7, 11) is 0. The zero-order valence-corrected chi connectivity index (χ0v) is 18.3. The summed E-state index contributed by atoms with van der Waals surface area (Å²) in [6.45, 7) is 5.12. The van der Waals surface area contributed by atoms with Gasteiger partial charge in [-0.25, -0.2) is 0 Å². The molecule has 3 aromatic heterocycles. The van der Waals surface area contributed by atoms with Crippen molar-refractivity contribution in [1.82, 2.24) is 25.5 Å². The third-order valence-corrected chi connectivity index (χ3v) is 5.16. The number of anilines is 3. The summed E-state index contributed by atoms with van der Waals surface area (Å²) in [6.07, 6.45) is 3.01. The Kier molecular flexibility index (Phi) is 6.51. The number of amides is 4. The second-order valence-electron chi connectivity index (χ2n) is 7.39. The van der Waals surface area contributed by atoms with Crippen LogP contribution in [0.2, 0.25) is 0 Å². The number of aromatic nitrogens is 4. The molecule has 0 saturated carbocycles. The van der Waals surface area contributed by atoms with Crippen LogP contribution < -0.4 is 27.4 Å². The number of carbonyl (C=O) groups is 4. The van der Waals surface area contributed by atoms with Gasteiger partial charge in [-0.05, 0) is 20.8 Å². The fraction of sp³-hybridized carbons (Fsp3) is 0.250. The molecule has 0 saturated heterocycles. The molecule has 3 rings (SSSR count). The number of nitrogens with two attached hydrogens (primary N) is 2. The molecule has 0 aromatic carbocycles. The Morgan fingerprint density at radius 2 is 1.36 bits per heavy atom. The Labute approximate surface area is 188 Å². The van der Waals surface area contributed by atoms with Gasteiger partial charge in [0.05, 0.1) is 11.4 Å². The van der Waals surface area contributed by atoms with Gasteiger partial charge in [-0.3, -0.25) is 24.3 Å². The molecule has 0 aliphatic rings. The van der Waals surface area contributed by atoms with Gasteiger partial charge >= 0.3 is 0 Å². The molecule has 10 N–H and O–H groups in total. The van der Waals surface area contributed by atoms with E-state index in [4.69, 9.17) is 11.5 Å². The van der Waals surface area contributed by atoms with E-state index in [2.05, 4.69) is 36.1 Å².